The molecule has 136 valence electrons. The second-order valence-electron chi connectivity index (χ2n) is 5.61. The van der Waals surface area contributed by atoms with Gasteiger partial charge < -0.3 is 9.72 Å². The normalized spacial score (nSPS) is 11.0. The Morgan fingerprint density at radius 2 is 2.19 bits per heavy atom. The molecule has 3 aromatic rings. The molecule has 6 nitrogen and oxygen atoms in total. The fourth-order valence-corrected chi connectivity index (χ4v) is 4.47. The van der Waals surface area contributed by atoms with Crippen LogP contribution in [0.4, 0.5) is 0 Å². The lowest BCUT2D eigenvalue weighted by molar-refractivity contribution is -0.139. The molecule has 0 bridgehead atoms. The zero-order chi connectivity index (χ0) is 18.8. The van der Waals surface area contributed by atoms with Gasteiger partial charge in [0.05, 0.1) is 18.0 Å². The highest BCUT2D eigenvalue weighted by atomic mass is 32.2. The molecular weight excluding hydrogens is 390 g/mol. The van der Waals surface area contributed by atoms with E-state index in [0.717, 1.165) is 28.6 Å². The summed E-state index contributed by atoms with van der Waals surface area (Å²) in [7, 11) is 0. The highest BCUT2D eigenvalue weighted by Crippen LogP contribution is 2.26. The first-order chi connectivity index (χ1) is 12.4. The maximum atomic E-state index is 12.4. The highest BCUT2D eigenvalue weighted by molar-refractivity contribution is 7.99. The van der Waals surface area contributed by atoms with Crippen LogP contribution in [0.15, 0.2) is 28.2 Å². The molecule has 26 heavy (non-hydrogen) atoms. The molecule has 0 aliphatic carbocycles. The van der Waals surface area contributed by atoms with Crippen LogP contribution in [-0.4, -0.2) is 32.9 Å². The summed E-state index contributed by atoms with van der Waals surface area (Å²) in [5.74, 6) is -0.270. The van der Waals surface area contributed by atoms with Crippen LogP contribution in [0.2, 0.25) is 0 Å². The third-order valence-electron chi connectivity index (χ3n) is 3.65. The third-order valence-corrected chi connectivity index (χ3v) is 5.85. The van der Waals surface area contributed by atoms with E-state index in [-0.39, 0.29) is 17.3 Å². The Labute approximate surface area is 163 Å². The van der Waals surface area contributed by atoms with E-state index >= 15 is 0 Å². The van der Waals surface area contributed by atoms with Gasteiger partial charge in [-0.15, -0.1) is 0 Å². The summed E-state index contributed by atoms with van der Waals surface area (Å²) in [6.45, 7) is 6.09. The zero-order valence-corrected chi connectivity index (χ0v) is 16.9. The van der Waals surface area contributed by atoms with Crippen molar-refractivity contribution in [3.05, 3.63) is 43.6 Å². The summed E-state index contributed by atoms with van der Waals surface area (Å²) in [5, 5.41) is 0.363. The Hall–Kier alpha value is -1.97. The number of carbonyl (C=O) groups excluding carboxylic acids is 1. The van der Waals surface area contributed by atoms with Gasteiger partial charge in [0.15, 0.2) is 14.8 Å². The van der Waals surface area contributed by atoms with Gasteiger partial charge in [-0.05, 0) is 44.6 Å². The first-order valence-corrected chi connectivity index (χ1v) is 10.1. The molecule has 0 saturated carbocycles. The number of thiazole rings is 1. The Balaban J connectivity index is 2.10. The minimum atomic E-state index is -0.350. The molecule has 0 amide bonds. The zero-order valence-electron chi connectivity index (χ0n) is 14.5. The van der Waals surface area contributed by atoms with E-state index in [1.165, 1.54) is 11.3 Å². The molecule has 0 radical (unpaired) electrons. The van der Waals surface area contributed by atoms with Gasteiger partial charge >= 0.3 is 5.97 Å². The number of ether oxygens (including phenoxy) is 1. The number of fused-ring (bicyclic) bond motifs is 1. The van der Waals surface area contributed by atoms with Gasteiger partial charge in [0, 0.05) is 0 Å². The number of hydrogen-bond acceptors (Lipinski definition) is 7. The fraction of sp³-hybridized carbons (Fsp3) is 0.294. The average molecular weight is 408 g/mol. The lowest BCUT2D eigenvalue weighted by atomic mass is 10.1. The van der Waals surface area contributed by atoms with Crippen LogP contribution in [-0.2, 0) is 9.53 Å². The monoisotopic (exact) mass is 407 g/mol. The van der Waals surface area contributed by atoms with Crippen LogP contribution in [0.1, 0.15) is 18.1 Å². The number of nitrogens with one attached hydrogen (secondary N) is 1. The maximum Gasteiger partial charge on any atom is 0.316 e. The topological polar surface area (TPSA) is 77.0 Å². The average Bonchev–Trinajstić information content (AvgIpc) is 2.90. The van der Waals surface area contributed by atoms with Crippen molar-refractivity contribution >= 4 is 51.6 Å². The smallest absolute Gasteiger partial charge is 0.316 e. The summed E-state index contributed by atoms with van der Waals surface area (Å²) < 4.78 is 7.74. The van der Waals surface area contributed by atoms with E-state index < -0.39 is 0 Å². The molecule has 0 unspecified atom stereocenters. The number of carbonyl (C=O) groups is 1. The van der Waals surface area contributed by atoms with Crippen molar-refractivity contribution in [1.29, 1.82) is 0 Å². The Kier molecular flexibility index (Phi) is 5.59. The lowest BCUT2D eigenvalue weighted by Gasteiger charge is -2.09. The number of H-pyrrole nitrogens is 1. The number of esters is 1. The van der Waals surface area contributed by atoms with E-state index in [2.05, 4.69) is 16.0 Å². The molecule has 1 N–H and O–H groups in total. The van der Waals surface area contributed by atoms with Gasteiger partial charge in [-0.1, -0.05) is 40.8 Å². The number of aromatic nitrogens is 3. The van der Waals surface area contributed by atoms with Crippen molar-refractivity contribution < 1.29 is 9.53 Å². The van der Waals surface area contributed by atoms with Crippen LogP contribution in [0.5, 0.6) is 0 Å². The molecule has 0 saturated heterocycles. The van der Waals surface area contributed by atoms with E-state index in [0.29, 0.717) is 26.1 Å². The molecule has 2 aromatic heterocycles. The summed E-state index contributed by atoms with van der Waals surface area (Å²) in [6, 6.07) is 6.03. The van der Waals surface area contributed by atoms with Crippen LogP contribution in [0.3, 0.4) is 0 Å². The van der Waals surface area contributed by atoms with Gasteiger partial charge in [0.1, 0.15) is 4.70 Å². The van der Waals surface area contributed by atoms with E-state index in [9.17, 15) is 9.59 Å². The summed E-state index contributed by atoms with van der Waals surface area (Å²) in [6.07, 6.45) is 0. The van der Waals surface area contributed by atoms with Gasteiger partial charge in [-0.25, -0.2) is 4.98 Å². The number of rotatable bonds is 5. The lowest BCUT2D eigenvalue weighted by Crippen LogP contribution is -2.12. The summed E-state index contributed by atoms with van der Waals surface area (Å²) >= 11 is 7.84. The Bertz CT molecular complexity index is 1100. The Morgan fingerprint density at radius 1 is 1.42 bits per heavy atom. The second kappa shape index (κ2) is 7.73. The van der Waals surface area contributed by atoms with Gasteiger partial charge in [-0.3, -0.25) is 14.2 Å². The molecule has 1 aromatic carbocycles. The standard InChI is InChI=1S/C17H17N3O3S3/c1-4-23-12(21)8-25-16-18-14-13(15(22)19-16)26-17(24)20(14)11-6-5-9(2)7-10(11)3/h5-7H,4,8H2,1-3H3,(H,18,19,22). The van der Waals surface area contributed by atoms with Crippen molar-refractivity contribution in [2.75, 3.05) is 12.4 Å². The summed E-state index contributed by atoms with van der Waals surface area (Å²) in [5.41, 5.74) is 3.33. The predicted molar refractivity (Wildman–Crippen MR) is 107 cm³/mol. The predicted octanol–water partition coefficient (Wildman–Crippen LogP) is 3.78. The molecule has 0 atom stereocenters. The molecule has 0 aliphatic rings. The second-order valence-corrected chi connectivity index (χ2v) is 8.22. The van der Waals surface area contributed by atoms with Gasteiger partial charge in [0.2, 0.25) is 0 Å². The maximum absolute atomic E-state index is 12.4. The van der Waals surface area contributed by atoms with E-state index in [4.69, 9.17) is 17.0 Å². The van der Waals surface area contributed by atoms with Crippen LogP contribution in [0.25, 0.3) is 16.0 Å². The largest absolute Gasteiger partial charge is 0.465 e. The van der Waals surface area contributed by atoms with E-state index in [1.807, 2.05) is 30.5 Å². The summed E-state index contributed by atoms with van der Waals surface area (Å²) in [4.78, 5) is 31.2. The molecule has 3 rings (SSSR count). The van der Waals surface area contributed by atoms with Gasteiger partial charge in [0.25, 0.3) is 5.56 Å². The number of aromatic amines is 1. The molecule has 0 fully saturated rings. The molecular formula is C17H17N3O3S3. The number of aryl methyl sites for hydroxylation is 2. The minimum absolute atomic E-state index is 0.0801. The van der Waals surface area contributed by atoms with Crippen molar-refractivity contribution in [1.82, 2.24) is 14.5 Å². The first kappa shape index (κ1) is 18.8. The van der Waals surface area contributed by atoms with Crippen LogP contribution < -0.4 is 5.56 Å². The third kappa shape index (κ3) is 3.74. The SMILES string of the molecule is CCOC(=O)CSc1nc2c(sc(=S)n2-c2ccc(C)cc2C)c(=O)[nH]1. The Morgan fingerprint density at radius 3 is 2.88 bits per heavy atom. The number of thioether (sulfide) groups is 1. The number of nitrogens with zero attached hydrogens (tertiary/aromatic N) is 2. The van der Waals surface area contributed by atoms with Crippen molar-refractivity contribution in [2.45, 2.75) is 25.9 Å². The number of hydrogen-bond donors (Lipinski definition) is 1. The molecule has 9 heteroatoms. The van der Waals surface area contributed by atoms with E-state index in [1.54, 1.807) is 6.92 Å². The highest BCUT2D eigenvalue weighted by Gasteiger charge is 2.16. The quantitative estimate of drug-likeness (QED) is 0.300. The molecule has 0 spiro atoms. The molecule has 2 heterocycles. The van der Waals surface area contributed by atoms with Crippen LogP contribution >= 0.6 is 35.3 Å². The molecule has 0 aliphatic heterocycles. The van der Waals surface area contributed by atoms with Crippen molar-refractivity contribution in [3.8, 4) is 5.69 Å². The number of benzene rings is 1. The first-order valence-electron chi connectivity index (χ1n) is 7.92. The fourth-order valence-electron chi connectivity index (χ4n) is 2.56. The van der Waals surface area contributed by atoms with Crippen LogP contribution in [0, 0.1) is 17.8 Å². The van der Waals surface area contributed by atoms with Crippen molar-refractivity contribution in [3.63, 3.8) is 0 Å². The van der Waals surface area contributed by atoms with Gasteiger partial charge in [-0.2, -0.15) is 0 Å². The minimum Gasteiger partial charge on any atom is -0.465 e. The van der Waals surface area contributed by atoms with Crippen molar-refractivity contribution in [2.24, 2.45) is 0 Å².